The lowest BCUT2D eigenvalue weighted by molar-refractivity contribution is 0.341. The molecule has 0 saturated heterocycles. The Bertz CT molecular complexity index is 546. The molecule has 1 aromatic heterocycles. The number of anilines is 1. The van der Waals surface area contributed by atoms with Gasteiger partial charge in [0.1, 0.15) is 5.75 Å². The van der Waals surface area contributed by atoms with Crippen LogP contribution in [0.2, 0.25) is 0 Å². The summed E-state index contributed by atoms with van der Waals surface area (Å²) < 4.78 is 6.85. The third kappa shape index (κ3) is 3.74. The minimum Gasteiger partial charge on any atom is -0.492 e. The predicted octanol–water partition coefficient (Wildman–Crippen LogP) is 5.14. The maximum atomic E-state index is 5.67. The number of halogens is 1. The molecule has 0 bridgehead atoms. The number of aryl methyl sites for hydroxylation is 2. The molecule has 2 aromatic rings. The van der Waals surface area contributed by atoms with Gasteiger partial charge in [-0.15, -0.1) is 11.3 Å². The van der Waals surface area contributed by atoms with Crippen LogP contribution in [0.15, 0.2) is 28.7 Å². The first-order chi connectivity index (χ1) is 9.10. The molecular formula is C15H18BrNOS. The molecule has 1 aromatic carbocycles. The zero-order chi connectivity index (χ0) is 13.8. The predicted molar refractivity (Wildman–Crippen MR) is 86.4 cm³/mol. The highest BCUT2D eigenvalue weighted by Crippen LogP contribution is 2.29. The summed E-state index contributed by atoms with van der Waals surface area (Å²) in [5.74, 6) is 0.926. The number of ether oxygens (including phenoxy) is 1. The third-order valence-electron chi connectivity index (χ3n) is 2.80. The van der Waals surface area contributed by atoms with Gasteiger partial charge in [0.2, 0.25) is 0 Å². The van der Waals surface area contributed by atoms with Crippen LogP contribution in [0, 0.1) is 13.8 Å². The standard InChI is InChI=1S/C15H18BrNOS/c1-4-18-15-7-10(2)5-6-14(15)17-9-12-8-13(16)11(3)19-12/h5-8,17H,4,9H2,1-3H3. The van der Waals surface area contributed by atoms with E-state index in [4.69, 9.17) is 4.74 Å². The van der Waals surface area contributed by atoms with Crippen molar-refractivity contribution in [2.24, 2.45) is 0 Å². The Labute approximate surface area is 126 Å². The normalized spacial score (nSPS) is 10.5. The van der Waals surface area contributed by atoms with Crippen molar-refractivity contribution in [1.29, 1.82) is 0 Å². The highest BCUT2D eigenvalue weighted by Gasteiger charge is 2.06. The average molecular weight is 340 g/mol. The van der Waals surface area contributed by atoms with Crippen molar-refractivity contribution < 1.29 is 4.74 Å². The molecule has 19 heavy (non-hydrogen) atoms. The zero-order valence-electron chi connectivity index (χ0n) is 11.4. The van der Waals surface area contributed by atoms with Crippen molar-refractivity contribution in [3.63, 3.8) is 0 Å². The summed E-state index contributed by atoms with van der Waals surface area (Å²) in [6, 6.07) is 8.42. The number of hydrogen-bond donors (Lipinski definition) is 1. The molecule has 0 unspecified atom stereocenters. The monoisotopic (exact) mass is 339 g/mol. The molecule has 0 aliphatic heterocycles. The summed E-state index contributed by atoms with van der Waals surface area (Å²) in [6.07, 6.45) is 0. The van der Waals surface area contributed by atoms with E-state index < -0.39 is 0 Å². The van der Waals surface area contributed by atoms with Gasteiger partial charge < -0.3 is 10.1 Å². The van der Waals surface area contributed by atoms with Crippen molar-refractivity contribution in [1.82, 2.24) is 0 Å². The van der Waals surface area contributed by atoms with Crippen LogP contribution in [0.4, 0.5) is 5.69 Å². The Morgan fingerprint density at radius 2 is 2.05 bits per heavy atom. The molecule has 102 valence electrons. The molecule has 0 aliphatic rings. The smallest absolute Gasteiger partial charge is 0.142 e. The number of nitrogens with one attached hydrogen (secondary N) is 1. The van der Waals surface area contributed by atoms with E-state index in [1.807, 2.05) is 6.92 Å². The molecule has 4 heteroatoms. The molecule has 1 heterocycles. The molecular weight excluding hydrogens is 322 g/mol. The Morgan fingerprint density at radius 1 is 1.26 bits per heavy atom. The van der Waals surface area contributed by atoms with Crippen molar-refractivity contribution in [3.8, 4) is 5.75 Å². The van der Waals surface area contributed by atoms with Crippen LogP contribution in [0.5, 0.6) is 5.75 Å². The van der Waals surface area contributed by atoms with E-state index in [9.17, 15) is 0 Å². The molecule has 2 nitrogen and oxygen atoms in total. The molecule has 0 saturated carbocycles. The fourth-order valence-electron chi connectivity index (χ4n) is 1.84. The van der Waals surface area contributed by atoms with Crippen LogP contribution in [0.1, 0.15) is 22.2 Å². The Hall–Kier alpha value is -1.000. The Morgan fingerprint density at radius 3 is 2.68 bits per heavy atom. The minimum absolute atomic E-state index is 0.682. The Balaban J connectivity index is 2.10. The lowest BCUT2D eigenvalue weighted by Crippen LogP contribution is -2.02. The second-order valence-electron chi connectivity index (χ2n) is 4.40. The van der Waals surface area contributed by atoms with Gasteiger partial charge in [-0.3, -0.25) is 0 Å². The van der Waals surface area contributed by atoms with E-state index in [0.29, 0.717) is 6.61 Å². The van der Waals surface area contributed by atoms with Crippen molar-refractivity contribution >= 4 is 33.0 Å². The number of rotatable bonds is 5. The quantitative estimate of drug-likeness (QED) is 0.814. The van der Waals surface area contributed by atoms with E-state index in [0.717, 1.165) is 18.0 Å². The van der Waals surface area contributed by atoms with Crippen molar-refractivity contribution in [2.45, 2.75) is 27.3 Å². The largest absolute Gasteiger partial charge is 0.492 e. The second kappa shape index (κ2) is 6.44. The molecule has 0 spiro atoms. The van der Waals surface area contributed by atoms with E-state index in [1.165, 1.54) is 19.8 Å². The third-order valence-corrected chi connectivity index (χ3v) is 4.93. The van der Waals surface area contributed by atoms with Crippen molar-refractivity contribution in [3.05, 3.63) is 44.1 Å². The zero-order valence-corrected chi connectivity index (χ0v) is 13.8. The van der Waals surface area contributed by atoms with Gasteiger partial charge in [-0.25, -0.2) is 0 Å². The summed E-state index contributed by atoms with van der Waals surface area (Å²) in [4.78, 5) is 2.62. The topological polar surface area (TPSA) is 21.3 Å². The first-order valence-electron chi connectivity index (χ1n) is 6.32. The molecule has 0 amide bonds. The molecule has 2 rings (SSSR count). The van der Waals surface area contributed by atoms with E-state index in [1.54, 1.807) is 11.3 Å². The van der Waals surface area contributed by atoms with Gasteiger partial charge in [-0.2, -0.15) is 0 Å². The second-order valence-corrected chi connectivity index (χ2v) is 6.60. The summed E-state index contributed by atoms with van der Waals surface area (Å²) >= 11 is 5.35. The molecule has 0 fully saturated rings. The van der Waals surface area contributed by atoms with E-state index in [2.05, 4.69) is 59.4 Å². The minimum atomic E-state index is 0.682. The van der Waals surface area contributed by atoms with Crippen LogP contribution >= 0.6 is 27.3 Å². The highest BCUT2D eigenvalue weighted by molar-refractivity contribution is 9.10. The fraction of sp³-hybridized carbons (Fsp3) is 0.333. The number of benzene rings is 1. The summed E-state index contributed by atoms with van der Waals surface area (Å²) in [7, 11) is 0. The van der Waals surface area contributed by atoms with Crippen LogP contribution in [-0.4, -0.2) is 6.61 Å². The number of hydrogen-bond acceptors (Lipinski definition) is 3. The van der Waals surface area contributed by atoms with E-state index in [-0.39, 0.29) is 0 Å². The van der Waals surface area contributed by atoms with Gasteiger partial charge in [-0.05, 0) is 60.5 Å². The van der Waals surface area contributed by atoms with Gasteiger partial charge in [0, 0.05) is 20.8 Å². The Kier molecular flexibility index (Phi) is 4.88. The summed E-state index contributed by atoms with van der Waals surface area (Å²) in [5.41, 5.74) is 2.26. The van der Waals surface area contributed by atoms with Crippen molar-refractivity contribution in [2.75, 3.05) is 11.9 Å². The highest BCUT2D eigenvalue weighted by atomic mass is 79.9. The fourth-order valence-corrected chi connectivity index (χ4v) is 3.38. The van der Waals surface area contributed by atoms with Gasteiger partial charge in [0.15, 0.2) is 0 Å². The van der Waals surface area contributed by atoms with Crippen LogP contribution in [0.25, 0.3) is 0 Å². The first kappa shape index (κ1) is 14.4. The van der Waals surface area contributed by atoms with Crippen LogP contribution in [0.3, 0.4) is 0 Å². The van der Waals surface area contributed by atoms with Gasteiger partial charge in [-0.1, -0.05) is 6.07 Å². The lowest BCUT2D eigenvalue weighted by atomic mass is 10.2. The van der Waals surface area contributed by atoms with Gasteiger partial charge in [0.25, 0.3) is 0 Å². The number of thiophene rings is 1. The first-order valence-corrected chi connectivity index (χ1v) is 7.93. The van der Waals surface area contributed by atoms with Gasteiger partial charge in [0.05, 0.1) is 12.3 Å². The average Bonchev–Trinajstić information content (AvgIpc) is 2.68. The summed E-state index contributed by atoms with van der Waals surface area (Å²) in [6.45, 7) is 7.70. The van der Waals surface area contributed by atoms with Crippen LogP contribution < -0.4 is 10.1 Å². The SMILES string of the molecule is CCOc1cc(C)ccc1NCc1cc(Br)c(C)s1. The van der Waals surface area contributed by atoms with E-state index >= 15 is 0 Å². The van der Waals surface area contributed by atoms with Crippen LogP contribution in [-0.2, 0) is 6.54 Å². The maximum absolute atomic E-state index is 5.67. The molecule has 0 atom stereocenters. The maximum Gasteiger partial charge on any atom is 0.142 e. The lowest BCUT2D eigenvalue weighted by Gasteiger charge is -2.12. The molecule has 0 radical (unpaired) electrons. The van der Waals surface area contributed by atoms with Gasteiger partial charge >= 0.3 is 0 Å². The summed E-state index contributed by atoms with van der Waals surface area (Å²) in [5, 5.41) is 3.45. The molecule has 0 aliphatic carbocycles. The molecule has 1 N–H and O–H groups in total.